The molecule has 1 atom stereocenters. The molecule has 0 radical (unpaired) electrons. The summed E-state index contributed by atoms with van der Waals surface area (Å²) in [7, 11) is 1.66. The molecular weight excluding hydrogens is 474 g/mol. The first-order valence-electron chi connectivity index (χ1n) is 11.2. The van der Waals surface area contributed by atoms with Gasteiger partial charge in [0.05, 0.1) is 23.8 Å². The molecule has 0 spiro atoms. The number of nitrogens with zero attached hydrogens (tertiary/aromatic N) is 3. The van der Waals surface area contributed by atoms with Gasteiger partial charge in [-0.1, -0.05) is 54.6 Å². The quantitative estimate of drug-likeness (QED) is 0.295. The molecule has 0 N–H and O–H groups in total. The molecule has 1 amide bonds. The topological polar surface area (TPSA) is 54.3 Å². The zero-order valence-corrected chi connectivity index (χ0v) is 20.6. The third kappa shape index (κ3) is 4.29. The van der Waals surface area contributed by atoms with Crippen LogP contribution in [0.4, 0.5) is 0 Å². The van der Waals surface area contributed by atoms with Crippen molar-refractivity contribution in [2.75, 3.05) is 7.11 Å². The van der Waals surface area contributed by atoms with Crippen LogP contribution in [0.25, 0.3) is 16.8 Å². The number of amidine groups is 1. The molecule has 0 aliphatic carbocycles. The van der Waals surface area contributed by atoms with E-state index in [1.165, 1.54) is 22.5 Å². The summed E-state index contributed by atoms with van der Waals surface area (Å²) in [4.78, 5) is 18.8. The van der Waals surface area contributed by atoms with E-state index in [0.29, 0.717) is 16.5 Å². The molecule has 4 aromatic rings. The molecule has 35 heavy (non-hydrogen) atoms. The van der Waals surface area contributed by atoms with Crippen LogP contribution in [0, 0.1) is 0 Å². The number of benzene rings is 3. The average molecular weight is 496 g/mol. The van der Waals surface area contributed by atoms with E-state index in [1.54, 1.807) is 18.4 Å². The van der Waals surface area contributed by atoms with E-state index >= 15 is 0 Å². The lowest BCUT2D eigenvalue weighted by molar-refractivity contribution is -0.113. The first kappa shape index (κ1) is 21.8. The van der Waals surface area contributed by atoms with Crippen LogP contribution < -0.4 is 4.74 Å². The van der Waals surface area contributed by atoms with E-state index < -0.39 is 0 Å². The van der Waals surface area contributed by atoms with Crippen LogP contribution in [-0.2, 0) is 4.79 Å². The highest BCUT2D eigenvalue weighted by atomic mass is 32.2. The fourth-order valence-corrected chi connectivity index (χ4v) is 5.95. The molecule has 6 rings (SSSR count). The maximum Gasteiger partial charge on any atom is 0.286 e. The number of methoxy groups -OCH3 is 1. The largest absolute Gasteiger partial charge is 0.497 e. The molecule has 1 unspecified atom stereocenters. The molecule has 7 heteroatoms. The van der Waals surface area contributed by atoms with Crippen molar-refractivity contribution in [1.29, 1.82) is 0 Å². The Balaban J connectivity index is 1.37. The Bertz CT molecular complexity index is 1510. The number of carbonyl (C=O) groups excluding carboxylic acids is 1. The second-order valence-electron chi connectivity index (χ2n) is 8.27. The molecule has 0 saturated carbocycles. The minimum Gasteiger partial charge on any atom is -0.497 e. The molecule has 0 bridgehead atoms. The average Bonchev–Trinajstić information content (AvgIpc) is 3.65. The molecule has 5 nitrogen and oxygen atoms in total. The molecule has 0 saturated heterocycles. The van der Waals surface area contributed by atoms with Gasteiger partial charge >= 0.3 is 0 Å². The lowest BCUT2D eigenvalue weighted by Gasteiger charge is -2.22. The van der Waals surface area contributed by atoms with Crippen molar-refractivity contribution in [3.63, 3.8) is 0 Å². The maximum absolute atomic E-state index is 12.7. The van der Waals surface area contributed by atoms with Crippen LogP contribution in [-0.4, -0.2) is 28.9 Å². The Hall–Kier alpha value is -3.68. The van der Waals surface area contributed by atoms with E-state index in [4.69, 9.17) is 9.84 Å². The Labute approximate surface area is 211 Å². The Morgan fingerprint density at radius 2 is 1.83 bits per heavy atom. The number of ether oxygens (including phenoxy) is 1. The summed E-state index contributed by atoms with van der Waals surface area (Å²) in [6.07, 6.45) is 2.61. The van der Waals surface area contributed by atoms with Gasteiger partial charge in [0, 0.05) is 11.3 Å². The van der Waals surface area contributed by atoms with Gasteiger partial charge in [0.1, 0.15) is 5.75 Å². The van der Waals surface area contributed by atoms with Crippen molar-refractivity contribution >= 4 is 56.7 Å². The molecule has 172 valence electrons. The number of thioether (sulfide) groups is 1. The number of carbonyl (C=O) groups is 1. The van der Waals surface area contributed by atoms with E-state index in [0.717, 1.165) is 27.5 Å². The summed E-state index contributed by atoms with van der Waals surface area (Å²) in [6.45, 7) is 0. The minimum atomic E-state index is -0.221. The van der Waals surface area contributed by atoms with Crippen molar-refractivity contribution in [2.45, 2.75) is 12.5 Å². The number of rotatable bonds is 4. The molecule has 2 aliphatic heterocycles. The summed E-state index contributed by atoms with van der Waals surface area (Å²) in [5.74, 6) is 0.583. The molecule has 3 aromatic carbocycles. The van der Waals surface area contributed by atoms with Gasteiger partial charge in [-0.3, -0.25) is 4.79 Å². The zero-order valence-electron chi connectivity index (χ0n) is 18.9. The highest BCUT2D eigenvalue weighted by Gasteiger charge is 2.36. The number of hydrazone groups is 1. The molecule has 2 aliphatic rings. The number of aliphatic imine (C=N–C) groups is 1. The van der Waals surface area contributed by atoms with Gasteiger partial charge in [0.25, 0.3) is 5.91 Å². The predicted octanol–water partition coefficient (Wildman–Crippen LogP) is 6.73. The fraction of sp³-hybridized carbons (Fsp3) is 0.107. The smallest absolute Gasteiger partial charge is 0.286 e. The molecular formula is C28H21N3O2S2. The van der Waals surface area contributed by atoms with Gasteiger partial charge in [-0.05, 0) is 69.4 Å². The van der Waals surface area contributed by atoms with Crippen LogP contribution in [0.1, 0.15) is 28.5 Å². The van der Waals surface area contributed by atoms with E-state index in [9.17, 15) is 4.79 Å². The van der Waals surface area contributed by atoms with Crippen LogP contribution in [0.3, 0.4) is 0 Å². The second-order valence-corrected chi connectivity index (χ2v) is 10.3. The first-order valence-corrected chi connectivity index (χ1v) is 12.9. The van der Waals surface area contributed by atoms with Crippen LogP contribution in [0.15, 0.2) is 99.2 Å². The van der Waals surface area contributed by atoms with Crippen molar-refractivity contribution in [2.24, 2.45) is 10.1 Å². The number of hydrogen-bond acceptors (Lipinski definition) is 6. The van der Waals surface area contributed by atoms with Crippen molar-refractivity contribution in [3.8, 4) is 5.75 Å². The summed E-state index contributed by atoms with van der Waals surface area (Å²) < 4.78 is 5.35. The number of hydrogen-bond donors (Lipinski definition) is 0. The van der Waals surface area contributed by atoms with Crippen molar-refractivity contribution in [1.82, 2.24) is 5.01 Å². The van der Waals surface area contributed by atoms with E-state index in [1.807, 2.05) is 52.9 Å². The van der Waals surface area contributed by atoms with Crippen molar-refractivity contribution < 1.29 is 9.53 Å². The van der Waals surface area contributed by atoms with Gasteiger partial charge in [0.2, 0.25) is 0 Å². The standard InChI is InChI=1S/C28H21N3O2S2/c1-33-22-12-10-19(11-13-22)25-17-24(21-9-8-18-5-2-3-6-20(18)15-21)30-31(25)28-29-27(32)26(35-28)16-23-7-4-14-34-23/h2-16,25H,17H2,1H3/b26-16-. The SMILES string of the molecule is COc1ccc(C2CC(c3ccc4ccccc4c3)=NN2C2=NC(=O)/C(=C/c3cccs3)S2)cc1. The Morgan fingerprint density at radius 1 is 1.00 bits per heavy atom. The maximum atomic E-state index is 12.7. The minimum absolute atomic E-state index is 0.0671. The first-order chi connectivity index (χ1) is 17.2. The van der Waals surface area contributed by atoms with E-state index in [-0.39, 0.29) is 11.9 Å². The Morgan fingerprint density at radius 3 is 2.60 bits per heavy atom. The van der Waals surface area contributed by atoms with Crippen LogP contribution in [0.5, 0.6) is 5.75 Å². The summed E-state index contributed by atoms with van der Waals surface area (Å²) >= 11 is 2.98. The van der Waals surface area contributed by atoms with Gasteiger partial charge < -0.3 is 4.74 Å². The lowest BCUT2D eigenvalue weighted by atomic mass is 9.97. The van der Waals surface area contributed by atoms with Crippen LogP contribution >= 0.6 is 23.1 Å². The number of amides is 1. The summed E-state index contributed by atoms with van der Waals surface area (Å²) in [5.41, 5.74) is 3.15. The third-order valence-electron chi connectivity index (χ3n) is 6.12. The molecule has 1 aromatic heterocycles. The molecule has 3 heterocycles. The Kier molecular flexibility index (Phi) is 5.72. The third-order valence-corrected chi connectivity index (χ3v) is 7.91. The zero-order chi connectivity index (χ0) is 23.8. The van der Waals surface area contributed by atoms with Gasteiger partial charge in [0.15, 0.2) is 5.17 Å². The lowest BCUT2D eigenvalue weighted by Crippen LogP contribution is -2.23. The normalized spacial score (nSPS) is 18.9. The summed E-state index contributed by atoms with van der Waals surface area (Å²) in [5, 5.41) is 11.9. The predicted molar refractivity (Wildman–Crippen MR) is 145 cm³/mol. The van der Waals surface area contributed by atoms with Crippen molar-refractivity contribution in [3.05, 3.63) is 105 Å². The monoisotopic (exact) mass is 495 g/mol. The van der Waals surface area contributed by atoms with Gasteiger partial charge in [-0.25, -0.2) is 5.01 Å². The van der Waals surface area contributed by atoms with E-state index in [2.05, 4.69) is 47.5 Å². The highest BCUT2D eigenvalue weighted by molar-refractivity contribution is 8.18. The fourth-order valence-electron chi connectivity index (χ4n) is 4.31. The molecule has 0 fully saturated rings. The second kappa shape index (κ2) is 9.17. The highest BCUT2D eigenvalue weighted by Crippen LogP contribution is 2.40. The number of thiophene rings is 1. The van der Waals surface area contributed by atoms with Gasteiger partial charge in [-0.2, -0.15) is 10.1 Å². The van der Waals surface area contributed by atoms with Crippen LogP contribution in [0.2, 0.25) is 0 Å². The van der Waals surface area contributed by atoms with Gasteiger partial charge in [-0.15, -0.1) is 11.3 Å². The number of fused-ring (bicyclic) bond motifs is 1. The summed E-state index contributed by atoms with van der Waals surface area (Å²) in [6, 6.07) is 26.7.